The first kappa shape index (κ1) is 19.9. The van der Waals surface area contributed by atoms with Crippen LogP contribution in [-0.2, 0) is 13.0 Å². The molecule has 0 aliphatic carbocycles. The zero-order valence-electron chi connectivity index (χ0n) is 17.2. The van der Waals surface area contributed by atoms with Crippen molar-refractivity contribution in [1.82, 2.24) is 34.3 Å². The molecule has 0 radical (unpaired) electrons. The number of thiophene rings is 1. The van der Waals surface area contributed by atoms with Gasteiger partial charge in [-0.05, 0) is 26.3 Å². The summed E-state index contributed by atoms with van der Waals surface area (Å²) >= 11 is 1.34. The van der Waals surface area contributed by atoms with Crippen LogP contribution in [0.5, 0.6) is 0 Å². The molecule has 30 heavy (non-hydrogen) atoms. The number of hydrogen-bond acceptors (Lipinski definition) is 8. The Kier molecular flexibility index (Phi) is 4.73. The summed E-state index contributed by atoms with van der Waals surface area (Å²) in [6.07, 6.45) is 2.04. The highest BCUT2D eigenvalue weighted by molar-refractivity contribution is 7.20. The van der Waals surface area contributed by atoms with E-state index in [4.69, 9.17) is 0 Å². The lowest BCUT2D eigenvalue weighted by Crippen LogP contribution is -2.21. The van der Waals surface area contributed by atoms with E-state index in [9.17, 15) is 14.9 Å². The van der Waals surface area contributed by atoms with E-state index in [2.05, 4.69) is 20.2 Å². The molecule has 0 aromatic carbocycles. The maximum Gasteiger partial charge on any atom is 0.312 e. The number of aromatic nitrogens is 6. The van der Waals surface area contributed by atoms with Crippen LogP contribution in [0.3, 0.4) is 0 Å². The van der Waals surface area contributed by atoms with Crippen molar-refractivity contribution in [3.05, 3.63) is 44.1 Å². The van der Waals surface area contributed by atoms with E-state index in [0.717, 1.165) is 15.8 Å². The Morgan fingerprint density at radius 1 is 1.27 bits per heavy atom. The third kappa shape index (κ3) is 3.09. The summed E-state index contributed by atoms with van der Waals surface area (Å²) in [4.78, 5) is 35.2. The number of amides is 1. The SMILES string of the molecule is Cc1nn(CCc2nc3c4c(C)c(C(=O)N(C)C)sc4ncn3n2)c(C)c1[N+](=O)[O-]. The number of fused-ring (bicyclic) bond motifs is 3. The fourth-order valence-electron chi connectivity index (χ4n) is 3.47. The topological polar surface area (TPSA) is 124 Å². The Morgan fingerprint density at radius 3 is 2.63 bits per heavy atom. The Bertz CT molecular complexity index is 1320. The lowest BCUT2D eigenvalue weighted by atomic mass is 10.2. The van der Waals surface area contributed by atoms with Crippen molar-refractivity contribution in [3.8, 4) is 0 Å². The highest BCUT2D eigenvalue weighted by Gasteiger charge is 2.23. The number of hydrogen-bond donors (Lipinski definition) is 0. The van der Waals surface area contributed by atoms with Crippen LogP contribution in [0, 0.1) is 30.9 Å². The molecule has 156 valence electrons. The van der Waals surface area contributed by atoms with Crippen molar-refractivity contribution in [2.75, 3.05) is 14.1 Å². The second kappa shape index (κ2) is 7.13. The molecule has 1 amide bonds. The van der Waals surface area contributed by atoms with E-state index in [0.29, 0.717) is 40.7 Å². The molecule has 0 N–H and O–H groups in total. The molecular formula is C18H20N8O3S. The standard InChI is InChI=1S/C18H20N8O3S/c1-9-13-16-20-12(6-7-24-11(3)14(26(28)29)10(2)21-24)22-25(16)8-19-17(13)30-15(9)18(27)23(4)5/h8H,6-7H2,1-5H3. The Morgan fingerprint density at radius 2 is 2.00 bits per heavy atom. The zero-order chi connectivity index (χ0) is 21.7. The van der Waals surface area contributed by atoms with Crippen molar-refractivity contribution in [2.24, 2.45) is 0 Å². The molecule has 0 saturated carbocycles. The Labute approximate surface area is 175 Å². The van der Waals surface area contributed by atoms with Crippen molar-refractivity contribution in [3.63, 3.8) is 0 Å². The van der Waals surface area contributed by atoms with E-state index < -0.39 is 4.92 Å². The molecule has 11 nitrogen and oxygen atoms in total. The average molecular weight is 428 g/mol. The Balaban J connectivity index is 1.69. The van der Waals surface area contributed by atoms with E-state index in [1.807, 2.05) is 6.92 Å². The number of aryl methyl sites for hydroxylation is 4. The number of rotatable bonds is 5. The van der Waals surface area contributed by atoms with Crippen LogP contribution >= 0.6 is 11.3 Å². The predicted molar refractivity (Wildman–Crippen MR) is 111 cm³/mol. The monoisotopic (exact) mass is 428 g/mol. The molecule has 0 fully saturated rings. The summed E-state index contributed by atoms with van der Waals surface area (Å²) in [5.41, 5.74) is 2.40. The number of nitro groups is 1. The summed E-state index contributed by atoms with van der Waals surface area (Å²) in [6.45, 7) is 5.61. The van der Waals surface area contributed by atoms with Gasteiger partial charge in [-0.25, -0.2) is 14.5 Å². The molecule has 12 heteroatoms. The van der Waals surface area contributed by atoms with Gasteiger partial charge in [-0.15, -0.1) is 16.4 Å². The van der Waals surface area contributed by atoms with E-state index in [1.165, 1.54) is 16.2 Å². The first-order valence-corrected chi connectivity index (χ1v) is 10.0. The molecule has 4 rings (SSSR count). The van der Waals surface area contributed by atoms with Gasteiger partial charge >= 0.3 is 5.69 Å². The zero-order valence-corrected chi connectivity index (χ0v) is 18.0. The second-order valence-electron chi connectivity index (χ2n) is 7.23. The number of nitrogens with zero attached hydrogens (tertiary/aromatic N) is 8. The molecule has 0 saturated heterocycles. The minimum atomic E-state index is -0.411. The van der Waals surface area contributed by atoms with E-state index >= 15 is 0 Å². The summed E-state index contributed by atoms with van der Waals surface area (Å²) in [5.74, 6) is 0.505. The normalized spacial score (nSPS) is 11.5. The molecule has 4 heterocycles. The van der Waals surface area contributed by atoms with Crippen LogP contribution in [0.15, 0.2) is 6.33 Å². The summed E-state index contributed by atoms with van der Waals surface area (Å²) in [7, 11) is 3.43. The van der Waals surface area contributed by atoms with Gasteiger partial charge in [0.15, 0.2) is 11.5 Å². The maximum absolute atomic E-state index is 12.5. The molecular weight excluding hydrogens is 408 g/mol. The first-order chi connectivity index (χ1) is 14.2. The van der Waals surface area contributed by atoms with E-state index in [1.54, 1.807) is 43.5 Å². The second-order valence-corrected chi connectivity index (χ2v) is 8.23. The molecule has 0 aliphatic rings. The minimum absolute atomic E-state index is 0.0378. The number of carbonyl (C=O) groups excluding carboxylic acids is 1. The van der Waals surface area contributed by atoms with Gasteiger partial charge in [0.1, 0.15) is 22.5 Å². The van der Waals surface area contributed by atoms with Crippen molar-refractivity contribution in [1.29, 1.82) is 0 Å². The molecule has 0 aliphatic heterocycles. The van der Waals surface area contributed by atoms with Crippen LogP contribution in [0.2, 0.25) is 0 Å². The largest absolute Gasteiger partial charge is 0.344 e. The smallest absolute Gasteiger partial charge is 0.312 e. The predicted octanol–water partition coefficient (Wildman–Crippen LogP) is 2.31. The molecule has 4 aromatic heterocycles. The van der Waals surface area contributed by atoms with Gasteiger partial charge in [0.05, 0.1) is 15.2 Å². The van der Waals surface area contributed by atoms with Gasteiger partial charge in [-0.1, -0.05) is 0 Å². The fourth-order valence-corrected chi connectivity index (χ4v) is 4.63. The lowest BCUT2D eigenvalue weighted by Gasteiger charge is -2.08. The van der Waals surface area contributed by atoms with Gasteiger partial charge in [0.25, 0.3) is 5.91 Å². The maximum atomic E-state index is 12.5. The van der Waals surface area contributed by atoms with Crippen LogP contribution < -0.4 is 0 Å². The van der Waals surface area contributed by atoms with Crippen molar-refractivity contribution < 1.29 is 9.72 Å². The van der Waals surface area contributed by atoms with Crippen molar-refractivity contribution in [2.45, 2.75) is 33.7 Å². The minimum Gasteiger partial charge on any atom is -0.344 e. The van der Waals surface area contributed by atoms with E-state index in [-0.39, 0.29) is 11.6 Å². The molecule has 4 aromatic rings. The summed E-state index contributed by atoms with van der Waals surface area (Å²) < 4.78 is 3.21. The quantitative estimate of drug-likeness (QED) is 0.353. The summed E-state index contributed by atoms with van der Waals surface area (Å²) in [5, 5.41) is 20.7. The molecule has 0 spiro atoms. The van der Waals surface area contributed by atoms with Gasteiger partial charge in [-0.3, -0.25) is 19.6 Å². The fraction of sp³-hybridized carbons (Fsp3) is 0.389. The van der Waals surface area contributed by atoms with Crippen molar-refractivity contribution >= 4 is 38.8 Å². The number of carbonyl (C=O) groups is 1. The van der Waals surface area contributed by atoms with Crippen LogP contribution in [0.1, 0.15) is 32.4 Å². The van der Waals surface area contributed by atoms with Crippen LogP contribution in [0.4, 0.5) is 5.69 Å². The van der Waals surface area contributed by atoms with Gasteiger partial charge < -0.3 is 4.90 Å². The summed E-state index contributed by atoms with van der Waals surface area (Å²) in [6, 6.07) is 0. The molecule has 0 bridgehead atoms. The van der Waals surface area contributed by atoms with Crippen LogP contribution in [-0.4, -0.2) is 59.2 Å². The van der Waals surface area contributed by atoms with Gasteiger partial charge in [-0.2, -0.15) is 5.10 Å². The highest BCUT2D eigenvalue weighted by atomic mass is 32.1. The van der Waals surface area contributed by atoms with Gasteiger partial charge in [0, 0.05) is 27.1 Å². The average Bonchev–Trinajstić information content (AvgIpc) is 3.32. The lowest BCUT2D eigenvalue weighted by molar-refractivity contribution is -0.386. The van der Waals surface area contributed by atoms with Gasteiger partial charge in [0.2, 0.25) is 0 Å². The highest BCUT2D eigenvalue weighted by Crippen LogP contribution is 2.32. The third-order valence-electron chi connectivity index (χ3n) is 4.98. The molecule has 0 unspecified atom stereocenters. The first-order valence-electron chi connectivity index (χ1n) is 9.22. The van der Waals surface area contributed by atoms with Crippen LogP contribution in [0.25, 0.3) is 15.9 Å². The molecule has 0 atom stereocenters. The Hall–Kier alpha value is -3.41. The third-order valence-corrected chi connectivity index (χ3v) is 6.17.